The third-order valence-corrected chi connectivity index (χ3v) is 4.06. The maximum atomic E-state index is 9.23. The molecule has 0 bridgehead atoms. The predicted octanol–water partition coefficient (Wildman–Crippen LogP) is 1.64. The summed E-state index contributed by atoms with van der Waals surface area (Å²) in [6.45, 7) is 0.303. The zero-order chi connectivity index (χ0) is 12.3. The van der Waals surface area contributed by atoms with Gasteiger partial charge in [0.1, 0.15) is 0 Å². The van der Waals surface area contributed by atoms with Crippen molar-refractivity contribution in [2.24, 2.45) is 0 Å². The molecule has 0 aliphatic heterocycles. The Hall–Kier alpha value is -0.420. The number of aliphatic hydroxyl groups is 2. The summed E-state index contributed by atoms with van der Waals surface area (Å²) in [5, 5.41) is 21.2. The van der Waals surface area contributed by atoms with Crippen LogP contribution in [0.5, 0.6) is 0 Å². The van der Waals surface area contributed by atoms with Gasteiger partial charge in [-0.2, -0.15) is 0 Å². The highest BCUT2D eigenvalue weighted by atomic mass is 79.9. The summed E-state index contributed by atoms with van der Waals surface area (Å²) in [6, 6.07) is 8.79. The molecular formula is C13H18BrNO2. The first-order chi connectivity index (χ1) is 8.20. The van der Waals surface area contributed by atoms with E-state index in [-0.39, 0.29) is 6.61 Å². The smallest absolute Gasteiger partial charge is 0.0895 e. The van der Waals surface area contributed by atoms with Gasteiger partial charge in [-0.05, 0) is 30.4 Å². The van der Waals surface area contributed by atoms with E-state index < -0.39 is 6.10 Å². The van der Waals surface area contributed by atoms with Crippen molar-refractivity contribution in [2.75, 3.05) is 13.2 Å². The second kappa shape index (κ2) is 5.96. The van der Waals surface area contributed by atoms with E-state index >= 15 is 0 Å². The van der Waals surface area contributed by atoms with E-state index in [0.717, 1.165) is 12.8 Å². The number of nitrogens with one attached hydrogen (secondary N) is 1. The van der Waals surface area contributed by atoms with E-state index in [1.54, 1.807) is 0 Å². The van der Waals surface area contributed by atoms with E-state index in [4.69, 9.17) is 5.11 Å². The van der Waals surface area contributed by atoms with Gasteiger partial charge in [0, 0.05) is 17.1 Å². The largest absolute Gasteiger partial charge is 0.394 e. The summed E-state index contributed by atoms with van der Waals surface area (Å²) in [5.74, 6) is 0.606. The maximum Gasteiger partial charge on any atom is 0.0895 e. The molecule has 2 rings (SSSR count). The van der Waals surface area contributed by atoms with Crippen LogP contribution in [-0.4, -0.2) is 35.5 Å². The van der Waals surface area contributed by atoms with Crippen molar-refractivity contribution in [2.45, 2.75) is 30.9 Å². The minimum absolute atomic E-state index is 0.173. The van der Waals surface area contributed by atoms with Crippen LogP contribution in [0, 0.1) is 0 Å². The monoisotopic (exact) mass is 299 g/mol. The van der Waals surface area contributed by atoms with Crippen molar-refractivity contribution >= 4 is 15.9 Å². The van der Waals surface area contributed by atoms with Gasteiger partial charge in [0.05, 0.1) is 12.7 Å². The number of hydrogen-bond donors (Lipinski definition) is 3. The standard InChI is InChI=1S/C13H18BrNO2/c14-13-4-2-1-3-12(13)9-5-10(6-9)15-7-11(17)8-16/h1-4,9-11,15-17H,5-8H2. The third-order valence-electron chi connectivity index (χ3n) is 3.34. The minimum atomic E-state index is -0.641. The summed E-state index contributed by atoms with van der Waals surface area (Å²) in [4.78, 5) is 0. The quantitative estimate of drug-likeness (QED) is 0.775. The molecule has 1 aliphatic rings. The molecule has 3 N–H and O–H groups in total. The van der Waals surface area contributed by atoms with Gasteiger partial charge < -0.3 is 15.5 Å². The van der Waals surface area contributed by atoms with Gasteiger partial charge >= 0.3 is 0 Å². The zero-order valence-corrected chi connectivity index (χ0v) is 11.2. The van der Waals surface area contributed by atoms with Gasteiger partial charge in [0.25, 0.3) is 0 Å². The van der Waals surface area contributed by atoms with Gasteiger partial charge in [-0.3, -0.25) is 0 Å². The Labute approximate surface area is 110 Å². The molecule has 3 nitrogen and oxygen atoms in total. The molecule has 0 radical (unpaired) electrons. The molecule has 0 spiro atoms. The fourth-order valence-corrected chi connectivity index (χ4v) is 2.82. The lowest BCUT2D eigenvalue weighted by molar-refractivity contribution is 0.0872. The Bertz CT molecular complexity index is 366. The van der Waals surface area contributed by atoms with Gasteiger partial charge in [-0.15, -0.1) is 0 Å². The highest BCUT2D eigenvalue weighted by molar-refractivity contribution is 9.10. The Morgan fingerprint density at radius 1 is 1.35 bits per heavy atom. The van der Waals surface area contributed by atoms with Crippen molar-refractivity contribution in [1.29, 1.82) is 0 Å². The van der Waals surface area contributed by atoms with E-state index in [1.807, 2.05) is 6.07 Å². The Kier molecular flexibility index (Phi) is 4.56. The molecule has 1 aromatic rings. The molecule has 0 saturated heterocycles. The fourth-order valence-electron chi connectivity index (χ4n) is 2.21. The van der Waals surface area contributed by atoms with E-state index in [0.29, 0.717) is 18.5 Å². The number of aliphatic hydroxyl groups excluding tert-OH is 2. The van der Waals surface area contributed by atoms with Crippen molar-refractivity contribution < 1.29 is 10.2 Å². The van der Waals surface area contributed by atoms with Gasteiger partial charge in [0.15, 0.2) is 0 Å². The SMILES string of the molecule is OCC(O)CNC1CC(c2ccccc2Br)C1. The van der Waals surface area contributed by atoms with Gasteiger partial charge in [-0.1, -0.05) is 34.1 Å². The number of halogens is 1. The molecule has 1 atom stereocenters. The Morgan fingerprint density at radius 3 is 2.71 bits per heavy atom. The number of rotatable bonds is 5. The summed E-state index contributed by atoms with van der Waals surface area (Å²) in [7, 11) is 0. The molecule has 1 fully saturated rings. The van der Waals surface area contributed by atoms with Crippen molar-refractivity contribution in [3.63, 3.8) is 0 Å². The lowest BCUT2D eigenvalue weighted by atomic mass is 9.76. The van der Waals surface area contributed by atoms with E-state index in [1.165, 1.54) is 10.0 Å². The zero-order valence-electron chi connectivity index (χ0n) is 9.64. The topological polar surface area (TPSA) is 52.5 Å². The third kappa shape index (κ3) is 3.28. The molecule has 4 heteroatoms. The van der Waals surface area contributed by atoms with Crippen LogP contribution in [0.1, 0.15) is 24.3 Å². The van der Waals surface area contributed by atoms with E-state index in [9.17, 15) is 5.11 Å². The van der Waals surface area contributed by atoms with Crippen LogP contribution in [-0.2, 0) is 0 Å². The summed E-state index contributed by atoms with van der Waals surface area (Å²) in [5.41, 5.74) is 1.37. The molecule has 1 aromatic carbocycles. The Balaban J connectivity index is 1.77. The molecule has 0 aromatic heterocycles. The van der Waals surface area contributed by atoms with Crippen LogP contribution in [0.2, 0.25) is 0 Å². The average Bonchev–Trinajstić information content (AvgIpc) is 2.28. The second-order valence-corrected chi connectivity index (χ2v) is 5.49. The fraction of sp³-hybridized carbons (Fsp3) is 0.538. The summed E-state index contributed by atoms with van der Waals surface area (Å²) in [6.07, 6.45) is 1.55. The molecular weight excluding hydrogens is 282 g/mol. The Morgan fingerprint density at radius 2 is 2.06 bits per heavy atom. The van der Waals surface area contributed by atoms with Gasteiger partial charge in [-0.25, -0.2) is 0 Å². The van der Waals surface area contributed by atoms with Gasteiger partial charge in [0.2, 0.25) is 0 Å². The predicted molar refractivity (Wildman–Crippen MR) is 71.0 cm³/mol. The van der Waals surface area contributed by atoms with Crippen molar-refractivity contribution in [3.8, 4) is 0 Å². The molecule has 94 valence electrons. The first kappa shape index (κ1) is 13.0. The van der Waals surface area contributed by atoms with Crippen LogP contribution in [0.15, 0.2) is 28.7 Å². The lowest BCUT2D eigenvalue weighted by Gasteiger charge is -2.37. The first-order valence-electron chi connectivity index (χ1n) is 5.97. The lowest BCUT2D eigenvalue weighted by Crippen LogP contribution is -2.44. The van der Waals surface area contributed by atoms with Crippen molar-refractivity contribution in [1.82, 2.24) is 5.32 Å². The number of benzene rings is 1. The first-order valence-corrected chi connectivity index (χ1v) is 6.76. The van der Waals surface area contributed by atoms with Crippen LogP contribution in [0.3, 0.4) is 0 Å². The molecule has 0 heterocycles. The highest BCUT2D eigenvalue weighted by Crippen LogP contribution is 2.39. The maximum absolute atomic E-state index is 9.23. The molecule has 0 amide bonds. The van der Waals surface area contributed by atoms with Crippen LogP contribution >= 0.6 is 15.9 Å². The highest BCUT2D eigenvalue weighted by Gasteiger charge is 2.31. The van der Waals surface area contributed by atoms with Crippen LogP contribution in [0.25, 0.3) is 0 Å². The number of hydrogen-bond acceptors (Lipinski definition) is 3. The molecule has 1 unspecified atom stereocenters. The van der Waals surface area contributed by atoms with Crippen molar-refractivity contribution in [3.05, 3.63) is 34.3 Å². The minimum Gasteiger partial charge on any atom is -0.394 e. The summed E-state index contributed by atoms with van der Waals surface area (Å²) >= 11 is 3.57. The normalized spacial score (nSPS) is 25.4. The van der Waals surface area contributed by atoms with Crippen LogP contribution < -0.4 is 5.32 Å². The van der Waals surface area contributed by atoms with Crippen LogP contribution in [0.4, 0.5) is 0 Å². The molecule has 17 heavy (non-hydrogen) atoms. The summed E-state index contributed by atoms with van der Waals surface area (Å²) < 4.78 is 1.18. The van der Waals surface area contributed by atoms with E-state index in [2.05, 4.69) is 39.4 Å². The second-order valence-electron chi connectivity index (χ2n) is 4.63. The average molecular weight is 300 g/mol. The molecule has 1 saturated carbocycles. The molecule has 1 aliphatic carbocycles.